The van der Waals surface area contributed by atoms with E-state index < -0.39 is 57.9 Å². The molecule has 6 rings (SSSR count). The highest BCUT2D eigenvalue weighted by Crippen LogP contribution is 2.51. The number of nitrogens with one attached hydrogen (secondary N) is 3. The largest absolute Gasteiger partial charge is 0.481 e. The molecule has 276 valence electrons. The van der Waals surface area contributed by atoms with E-state index in [-0.39, 0.29) is 54.2 Å². The molecule has 1 aromatic heterocycles. The Morgan fingerprint density at radius 2 is 1.72 bits per heavy atom. The summed E-state index contributed by atoms with van der Waals surface area (Å²) in [6.45, 7) is 0.155. The van der Waals surface area contributed by atoms with Crippen LogP contribution in [-0.4, -0.2) is 123 Å². The molecule has 17 nitrogen and oxygen atoms in total. The molecule has 20 heteroatoms. The highest BCUT2D eigenvalue weighted by atomic mass is 32.2. The van der Waals surface area contributed by atoms with E-state index in [1.807, 2.05) is 30.3 Å². The summed E-state index contributed by atoms with van der Waals surface area (Å²) in [6.07, 6.45) is 1.23. The van der Waals surface area contributed by atoms with E-state index in [1.54, 1.807) is 36.6 Å². The minimum Gasteiger partial charge on any atom is -0.481 e. The van der Waals surface area contributed by atoms with E-state index in [9.17, 15) is 38.7 Å². The van der Waals surface area contributed by atoms with E-state index in [1.165, 1.54) is 16.7 Å². The molecule has 53 heavy (non-hydrogen) atoms. The zero-order valence-electron chi connectivity index (χ0n) is 27.9. The Balaban J connectivity index is 1.16. The van der Waals surface area contributed by atoms with Crippen LogP contribution >= 0.6 is 35.3 Å². The molecule has 0 aliphatic carbocycles. The standard InChI is InChI=1S/C33H32N8O9S3/c1-51-33(29(49)41-24(28(47)48)20(16-52-30(33)41)17-53-31-34-21(37-38-31)14-22(42)43)36-25(44)23(19-10-6-3-7-11-19)35-32(50)40-13-12-39(26(45)27(40)46)15-18-8-4-2-5-9-18/h2-11,23,30H,12-17H2,1H3,(H,35,50)(H,36,44)(H,42,43)(H,47,48)(H,34,37,38)/t23?,30-,33+/m1/s1. The monoisotopic (exact) mass is 780 g/mol. The number of aromatic nitrogens is 3. The van der Waals surface area contributed by atoms with E-state index >= 15 is 0 Å². The predicted molar refractivity (Wildman–Crippen MR) is 192 cm³/mol. The molecule has 1 unspecified atom stereocenters. The van der Waals surface area contributed by atoms with Gasteiger partial charge in [-0.15, -0.1) is 28.6 Å². The Hall–Kier alpha value is -5.34. The number of nitrogens with zero attached hydrogens (tertiary/aromatic N) is 5. The number of aromatic amines is 1. The average molecular weight is 781 g/mol. The SMILES string of the molecule is CS[C@@]1(NC(=O)C(NC(=O)N2CCN(Cc3ccccc3)C(=O)C2=O)c2ccccc2)C(=O)N2C(C(=O)O)=C(CSc3n[nH]c(CC(=O)O)n3)CS[C@@H]21. The average Bonchev–Trinajstić information content (AvgIpc) is 3.60. The molecule has 0 bridgehead atoms. The number of carbonyl (C=O) groups is 7. The molecule has 0 saturated carbocycles. The van der Waals surface area contributed by atoms with E-state index in [2.05, 4.69) is 25.8 Å². The first-order valence-electron chi connectivity index (χ1n) is 16.0. The lowest BCUT2D eigenvalue weighted by Gasteiger charge is -2.56. The second-order valence-electron chi connectivity index (χ2n) is 11.9. The quantitative estimate of drug-likeness (QED) is 0.0712. The Kier molecular flexibility index (Phi) is 11.1. The molecule has 4 heterocycles. The van der Waals surface area contributed by atoms with Crippen molar-refractivity contribution < 1.29 is 43.8 Å². The molecule has 2 aromatic carbocycles. The summed E-state index contributed by atoms with van der Waals surface area (Å²) in [7, 11) is 0. The van der Waals surface area contributed by atoms with Crippen LogP contribution in [0, 0.1) is 0 Å². The smallest absolute Gasteiger partial charge is 0.352 e. The van der Waals surface area contributed by atoms with Gasteiger partial charge in [0.05, 0.1) is 0 Å². The van der Waals surface area contributed by atoms with Gasteiger partial charge in [0.2, 0.25) is 11.1 Å². The van der Waals surface area contributed by atoms with Gasteiger partial charge >= 0.3 is 29.8 Å². The number of carboxylic acid groups (broad SMARTS) is 2. The van der Waals surface area contributed by atoms with Crippen molar-refractivity contribution in [2.75, 3.05) is 30.9 Å². The number of carbonyl (C=O) groups excluding carboxylic acids is 5. The second-order valence-corrected chi connectivity index (χ2v) is 15.0. The van der Waals surface area contributed by atoms with E-state index in [0.717, 1.165) is 38.9 Å². The number of thioether (sulfide) groups is 3. The highest BCUT2D eigenvalue weighted by molar-refractivity contribution is 8.05. The Morgan fingerprint density at radius 3 is 2.38 bits per heavy atom. The molecule has 3 atom stereocenters. The van der Waals surface area contributed by atoms with Crippen LogP contribution in [0.2, 0.25) is 0 Å². The highest BCUT2D eigenvalue weighted by Gasteiger charge is 2.65. The lowest BCUT2D eigenvalue weighted by molar-refractivity contribution is -0.154. The number of urea groups is 1. The van der Waals surface area contributed by atoms with E-state index in [4.69, 9.17) is 5.11 Å². The van der Waals surface area contributed by atoms with Gasteiger partial charge in [0.1, 0.15) is 29.4 Å². The number of rotatable bonds is 13. The normalized spacial score (nSPS) is 20.4. The summed E-state index contributed by atoms with van der Waals surface area (Å²) in [5, 5.41) is 30.4. The molecule has 0 radical (unpaired) electrons. The lowest BCUT2D eigenvalue weighted by Crippen LogP contribution is -2.78. The van der Waals surface area contributed by atoms with Crippen molar-refractivity contribution in [3.05, 3.63) is 88.9 Å². The molecule has 2 fully saturated rings. The zero-order chi connectivity index (χ0) is 37.9. The summed E-state index contributed by atoms with van der Waals surface area (Å²) in [5.41, 5.74) is 1.31. The number of H-pyrrole nitrogens is 1. The fourth-order valence-electron chi connectivity index (χ4n) is 6.00. The summed E-state index contributed by atoms with van der Waals surface area (Å²) >= 11 is 3.33. The van der Waals surface area contributed by atoms with Gasteiger partial charge < -0.3 is 25.7 Å². The van der Waals surface area contributed by atoms with Crippen LogP contribution in [0.25, 0.3) is 0 Å². The van der Waals surface area contributed by atoms with Crippen molar-refractivity contribution in [2.45, 2.75) is 34.4 Å². The maximum Gasteiger partial charge on any atom is 0.352 e. The zero-order valence-corrected chi connectivity index (χ0v) is 30.3. The number of fused-ring (bicyclic) bond motifs is 1. The van der Waals surface area contributed by atoms with Crippen LogP contribution in [0.15, 0.2) is 77.1 Å². The van der Waals surface area contributed by atoms with Crippen LogP contribution in [0.4, 0.5) is 4.79 Å². The van der Waals surface area contributed by atoms with E-state index in [0.29, 0.717) is 11.1 Å². The second kappa shape index (κ2) is 15.7. The van der Waals surface area contributed by atoms with Gasteiger partial charge in [-0.3, -0.25) is 38.9 Å². The molecular formula is C33H32N8O9S3. The summed E-state index contributed by atoms with van der Waals surface area (Å²) < 4.78 is 0. The molecule has 0 spiro atoms. The molecule has 3 aromatic rings. The Morgan fingerprint density at radius 1 is 1.02 bits per heavy atom. The van der Waals surface area contributed by atoms with Gasteiger partial charge in [0, 0.05) is 31.1 Å². The maximum absolute atomic E-state index is 14.1. The molecule has 2 saturated heterocycles. The summed E-state index contributed by atoms with van der Waals surface area (Å²) in [5.74, 6) is -5.43. The molecule has 6 amide bonds. The van der Waals surface area contributed by atoms with Crippen LogP contribution in [0.1, 0.15) is 23.0 Å². The first-order valence-corrected chi connectivity index (χ1v) is 19.2. The predicted octanol–water partition coefficient (Wildman–Crippen LogP) is 1.28. The number of aliphatic carboxylic acids is 2. The van der Waals surface area contributed by atoms with Crippen molar-refractivity contribution in [1.82, 2.24) is 40.5 Å². The van der Waals surface area contributed by atoms with Gasteiger partial charge in [-0.05, 0) is 23.0 Å². The minimum atomic E-state index is -1.61. The molecule has 3 aliphatic heterocycles. The van der Waals surface area contributed by atoms with Crippen molar-refractivity contribution in [2.24, 2.45) is 0 Å². The van der Waals surface area contributed by atoms with Gasteiger partial charge in [0.15, 0.2) is 4.87 Å². The number of β-lactam (4-membered cyclic amide) rings is 1. The van der Waals surface area contributed by atoms with Crippen molar-refractivity contribution in [3.8, 4) is 0 Å². The fourth-order valence-corrected chi connectivity index (χ4v) is 9.57. The Bertz CT molecular complexity index is 2000. The van der Waals surface area contributed by atoms with Crippen LogP contribution in [0.3, 0.4) is 0 Å². The number of imide groups is 1. The number of piperazine rings is 1. The fraction of sp³-hybridized carbons (Fsp3) is 0.303. The Labute approximate surface area is 314 Å². The molecule has 5 N–H and O–H groups in total. The molecule has 3 aliphatic rings. The van der Waals surface area contributed by atoms with Crippen molar-refractivity contribution in [3.63, 3.8) is 0 Å². The van der Waals surface area contributed by atoms with Crippen molar-refractivity contribution in [1.29, 1.82) is 0 Å². The minimum absolute atomic E-state index is 0.0812. The summed E-state index contributed by atoms with van der Waals surface area (Å²) in [4.78, 5) is 96.8. The van der Waals surface area contributed by atoms with Gasteiger partial charge in [-0.1, -0.05) is 72.4 Å². The lowest BCUT2D eigenvalue weighted by atomic mass is 10.00. The van der Waals surface area contributed by atoms with Crippen LogP contribution in [-0.2, 0) is 41.7 Å². The third-order valence-corrected chi connectivity index (χ3v) is 12.2. The third-order valence-electron chi connectivity index (χ3n) is 8.58. The van der Waals surface area contributed by atoms with Crippen molar-refractivity contribution >= 4 is 76.9 Å². The van der Waals surface area contributed by atoms with Crippen LogP contribution < -0.4 is 10.6 Å². The van der Waals surface area contributed by atoms with Gasteiger partial charge in [-0.2, -0.15) is 0 Å². The first kappa shape index (κ1) is 37.4. The van der Waals surface area contributed by atoms with Gasteiger partial charge in [-0.25, -0.2) is 14.6 Å². The van der Waals surface area contributed by atoms with Gasteiger partial charge in [0.25, 0.3) is 5.91 Å². The van der Waals surface area contributed by atoms with Crippen LogP contribution in [0.5, 0.6) is 0 Å². The number of benzene rings is 2. The first-order chi connectivity index (χ1) is 25.4. The maximum atomic E-state index is 14.1. The summed E-state index contributed by atoms with van der Waals surface area (Å²) in [6, 6.07) is 14.9. The number of carboxylic acids is 2. The topological polar surface area (TPSA) is 235 Å². The third kappa shape index (κ3) is 7.60. The number of hydrogen-bond acceptors (Lipinski definition) is 12. The molecular weight excluding hydrogens is 749 g/mol. The number of amides is 6. The number of hydrogen-bond donors (Lipinski definition) is 5.